The van der Waals surface area contributed by atoms with Gasteiger partial charge in [-0.25, -0.2) is 8.42 Å². The summed E-state index contributed by atoms with van der Waals surface area (Å²) < 4.78 is 39.7. The molecule has 0 aliphatic carbocycles. The van der Waals surface area contributed by atoms with Gasteiger partial charge in [-0.2, -0.15) is 0 Å². The SMILES string of the molecule is CCCNC(=O)[C@H](C)N(Cc1cccc(Cl)c1)C(=O)CN(c1ccc(OC)c(OC)c1)S(=O)(=O)c1ccc(C)cc1. The highest BCUT2D eigenvalue weighted by atomic mass is 35.5. The number of ether oxygens (including phenoxy) is 2. The molecule has 11 heteroatoms. The van der Waals surface area contributed by atoms with Gasteiger partial charge in [-0.3, -0.25) is 13.9 Å². The van der Waals surface area contributed by atoms with Gasteiger partial charge >= 0.3 is 0 Å². The van der Waals surface area contributed by atoms with Crippen LogP contribution in [-0.4, -0.2) is 58.5 Å². The van der Waals surface area contributed by atoms with E-state index in [1.54, 1.807) is 55.5 Å². The number of halogens is 1. The van der Waals surface area contributed by atoms with Gasteiger partial charge in [0, 0.05) is 24.2 Å². The minimum Gasteiger partial charge on any atom is -0.493 e. The third-order valence-corrected chi connectivity index (χ3v) is 8.52. The highest BCUT2D eigenvalue weighted by Gasteiger charge is 2.33. The van der Waals surface area contributed by atoms with Crippen molar-refractivity contribution in [1.29, 1.82) is 0 Å². The first-order valence-electron chi connectivity index (χ1n) is 13.1. The first kappa shape index (κ1) is 31.8. The molecule has 9 nitrogen and oxygen atoms in total. The number of carbonyl (C=O) groups is 2. The van der Waals surface area contributed by atoms with Crippen molar-refractivity contribution in [3.8, 4) is 11.5 Å². The number of hydrogen-bond donors (Lipinski definition) is 1. The molecule has 41 heavy (non-hydrogen) atoms. The van der Waals surface area contributed by atoms with Crippen LogP contribution in [0.1, 0.15) is 31.4 Å². The maximum absolute atomic E-state index is 14.0. The molecule has 0 heterocycles. The van der Waals surface area contributed by atoms with Gasteiger partial charge in [0.2, 0.25) is 11.8 Å². The fourth-order valence-corrected chi connectivity index (χ4v) is 5.78. The Morgan fingerprint density at radius 2 is 1.66 bits per heavy atom. The van der Waals surface area contributed by atoms with Crippen LogP contribution in [0.25, 0.3) is 0 Å². The number of rotatable bonds is 13. The fourth-order valence-electron chi connectivity index (χ4n) is 4.16. The number of carbonyl (C=O) groups excluding carboxylic acids is 2. The summed E-state index contributed by atoms with van der Waals surface area (Å²) in [6, 6.07) is 17.0. The minimum atomic E-state index is -4.22. The molecule has 0 fully saturated rings. The molecule has 1 N–H and O–H groups in total. The number of nitrogens with one attached hydrogen (secondary N) is 1. The zero-order chi connectivity index (χ0) is 30.2. The second kappa shape index (κ2) is 14.2. The molecular formula is C30H36ClN3O6S. The maximum Gasteiger partial charge on any atom is 0.264 e. The van der Waals surface area contributed by atoms with E-state index in [2.05, 4.69) is 5.32 Å². The molecule has 0 bridgehead atoms. The number of benzene rings is 3. The topological polar surface area (TPSA) is 105 Å². The Hall–Kier alpha value is -3.76. The number of sulfonamides is 1. The zero-order valence-corrected chi connectivity index (χ0v) is 25.5. The molecule has 3 aromatic rings. The predicted octanol–water partition coefficient (Wildman–Crippen LogP) is 4.80. The number of anilines is 1. The highest BCUT2D eigenvalue weighted by Crippen LogP contribution is 2.34. The van der Waals surface area contributed by atoms with Crippen molar-refractivity contribution >= 4 is 39.1 Å². The maximum atomic E-state index is 14.0. The van der Waals surface area contributed by atoms with Crippen LogP contribution in [0.15, 0.2) is 71.6 Å². The lowest BCUT2D eigenvalue weighted by Gasteiger charge is -2.32. The smallest absolute Gasteiger partial charge is 0.264 e. The van der Waals surface area contributed by atoms with E-state index in [1.807, 2.05) is 13.8 Å². The summed E-state index contributed by atoms with van der Waals surface area (Å²) in [5.74, 6) is -0.223. The highest BCUT2D eigenvalue weighted by molar-refractivity contribution is 7.92. The molecule has 0 aliphatic heterocycles. The second-order valence-electron chi connectivity index (χ2n) is 9.48. The van der Waals surface area contributed by atoms with Crippen LogP contribution in [0.4, 0.5) is 5.69 Å². The van der Waals surface area contributed by atoms with Crippen molar-refractivity contribution in [2.24, 2.45) is 0 Å². The minimum absolute atomic E-state index is 0.0146. The van der Waals surface area contributed by atoms with E-state index in [0.29, 0.717) is 28.6 Å². The third-order valence-electron chi connectivity index (χ3n) is 6.50. The Morgan fingerprint density at radius 1 is 0.976 bits per heavy atom. The van der Waals surface area contributed by atoms with E-state index < -0.39 is 28.5 Å². The molecule has 0 saturated heterocycles. The van der Waals surface area contributed by atoms with Crippen LogP contribution in [0.3, 0.4) is 0 Å². The monoisotopic (exact) mass is 601 g/mol. The number of aryl methyl sites for hydroxylation is 1. The van der Waals surface area contributed by atoms with E-state index >= 15 is 0 Å². The van der Waals surface area contributed by atoms with Crippen LogP contribution >= 0.6 is 11.6 Å². The molecule has 3 aromatic carbocycles. The largest absolute Gasteiger partial charge is 0.493 e. The average molecular weight is 602 g/mol. The lowest BCUT2D eigenvalue weighted by Crippen LogP contribution is -2.51. The van der Waals surface area contributed by atoms with Crippen molar-refractivity contribution in [2.75, 3.05) is 31.6 Å². The number of methoxy groups -OCH3 is 2. The summed E-state index contributed by atoms with van der Waals surface area (Å²) in [7, 11) is -1.30. The molecule has 0 unspecified atom stereocenters. The number of nitrogens with zero attached hydrogens (tertiary/aromatic N) is 2. The molecule has 3 rings (SSSR count). The molecule has 0 aliphatic rings. The normalized spacial score (nSPS) is 11.9. The first-order valence-corrected chi connectivity index (χ1v) is 15.0. The van der Waals surface area contributed by atoms with Gasteiger partial charge in [-0.1, -0.05) is 48.4 Å². The summed E-state index contributed by atoms with van der Waals surface area (Å²) >= 11 is 6.18. The summed E-state index contributed by atoms with van der Waals surface area (Å²) in [4.78, 5) is 28.3. The number of amides is 2. The van der Waals surface area contributed by atoms with Gasteiger partial charge in [-0.05, 0) is 62.2 Å². The molecule has 2 amide bonds. The van der Waals surface area contributed by atoms with E-state index in [4.69, 9.17) is 21.1 Å². The summed E-state index contributed by atoms with van der Waals surface area (Å²) in [5, 5.41) is 3.30. The van der Waals surface area contributed by atoms with E-state index in [9.17, 15) is 18.0 Å². The Morgan fingerprint density at radius 3 is 2.27 bits per heavy atom. The fraction of sp³-hybridized carbons (Fsp3) is 0.333. The summed E-state index contributed by atoms with van der Waals surface area (Å²) in [6.07, 6.45) is 0.725. The lowest BCUT2D eigenvalue weighted by molar-refractivity contribution is -0.139. The molecular weight excluding hydrogens is 566 g/mol. The average Bonchev–Trinajstić information content (AvgIpc) is 2.96. The molecule has 1 atom stereocenters. The van der Waals surface area contributed by atoms with Gasteiger partial charge in [0.15, 0.2) is 11.5 Å². The lowest BCUT2D eigenvalue weighted by atomic mass is 10.1. The van der Waals surface area contributed by atoms with E-state index in [0.717, 1.165) is 16.3 Å². The third kappa shape index (κ3) is 7.92. The van der Waals surface area contributed by atoms with E-state index in [1.165, 1.54) is 37.3 Å². The van der Waals surface area contributed by atoms with Gasteiger partial charge in [0.05, 0.1) is 24.8 Å². The van der Waals surface area contributed by atoms with Gasteiger partial charge in [-0.15, -0.1) is 0 Å². The summed E-state index contributed by atoms with van der Waals surface area (Å²) in [5.41, 5.74) is 1.78. The van der Waals surface area contributed by atoms with Crippen LogP contribution in [-0.2, 0) is 26.2 Å². The van der Waals surface area contributed by atoms with Gasteiger partial charge in [0.1, 0.15) is 12.6 Å². The Bertz CT molecular complexity index is 1460. The van der Waals surface area contributed by atoms with Crippen molar-refractivity contribution in [3.63, 3.8) is 0 Å². The van der Waals surface area contributed by atoms with E-state index in [-0.39, 0.29) is 23.0 Å². The summed E-state index contributed by atoms with van der Waals surface area (Å²) in [6.45, 7) is 5.31. The quantitative estimate of drug-likeness (QED) is 0.302. The van der Waals surface area contributed by atoms with Crippen LogP contribution in [0.2, 0.25) is 5.02 Å². The van der Waals surface area contributed by atoms with Crippen molar-refractivity contribution in [1.82, 2.24) is 10.2 Å². The van der Waals surface area contributed by atoms with Crippen LogP contribution in [0.5, 0.6) is 11.5 Å². The zero-order valence-electron chi connectivity index (χ0n) is 23.9. The van der Waals surface area contributed by atoms with Crippen molar-refractivity contribution in [3.05, 3.63) is 82.9 Å². The Kier molecular flexibility index (Phi) is 11.0. The van der Waals surface area contributed by atoms with Gasteiger partial charge in [0.25, 0.3) is 10.0 Å². The van der Waals surface area contributed by atoms with Crippen molar-refractivity contribution in [2.45, 2.75) is 44.7 Å². The standard InChI is InChI=1S/C30H36ClN3O6S/c1-6-16-32-30(36)22(3)33(19-23-8-7-9-24(31)17-23)29(35)20-34(25-12-15-27(39-4)28(18-25)40-5)41(37,38)26-13-10-21(2)11-14-26/h7-15,17-18,22H,6,16,19-20H2,1-5H3,(H,32,36)/t22-/m0/s1. The van der Waals surface area contributed by atoms with Crippen LogP contribution in [0, 0.1) is 6.92 Å². The predicted molar refractivity (Wildman–Crippen MR) is 160 cm³/mol. The molecule has 0 spiro atoms. The van der Waals surface area contributed by atoms with Crippen molar-refractivity contribution < 1.29 is 27.5 Å². The molecule has 0 saturated carbocycles. The first-order chi connectivity index (χ1) is 19.5. The molecule has 0 radical (unpaired) electrons. The van der Waals surface area contributed by atoms with Crippen LogP contribution < -0.4 is 19.1 Å². The Balaban J connectivity index is 2.08. The molecule has 0 aromatic heterocycles. The second-order valence-corrected chi connectivity index (χ2v) is 11.8. The molecule has 220 valence electrons. The number of hydrogen-bond acceptors (Lipinski definition) is 6. The Labute approximate surface area is 247 Å². The van der Waals surface area contributed by atoms with Gasteiger partial charge < -0.3 is 19.7 Å².